The topological polar surface area (TPSA) is 3.24 Å². The van der Waals surface area contributed by atoms with Gasteiger partial charge < -0.3 is 4.90 Å². The maximum absolute atomic E-state index is 2.60. The Hall–Kier alpha value is -2.11. The predicted molar refractivity (Wildman–Crippen MR) is 111 cm³/mol. The quantitative estimate of drug-likeness (QED) is 0.632. The molecule has 1 heterocycles. The van der Waals surface area contributed by atoms with E-state index in [0.29, 0.717) is 0 Å². The molecule has 1 nitrogen and oxygen atoms in total. The maximum atomic E-state index is 2.60. The van der Waals surface area contributed by atoms with Crippen LogP contribution in [0.1, 0.15) is 19.3 Å². The maximum Gasteiger partial charge on any atom is 0.0451 e. The zero-order valence-corrected chi connectivity index (χ0v) is 15.4. The van der Waals surface area contributed by atoms with Crippen LogP contribution in [0.3, 0.4) is 0 Å². The van der Waals surface area contributed by atoms with Gasteiger partial charge in [-0.2, -0.15) is 0 Å². The van der Waals surface area contributed by atoms with Crippen LogP contribution in [-0.2, 0) is 0 Å². The molecule has 1 aliphatic heterocycles. The molecule has 3 aromatic rings. The number of rotatable bonds is 4. The van der Waals surface area contributed by atoms with Crippen LogP contribution in [0, 0.1) is 0 Å². The Bertz CT molecular complexity index is 755. The number of hydrogen-bond donors (Lipinski definition) is 0. The molecule has 0 N–H and O–H groups in total. The van der Waals surface area contributed by atoms with Crippen LogP contribution in [0.25, 0.3) is 0 Å². The van der Waals surface area contributed by atoms with Crippen molar-refractivity contribution >= 4 is 29.5 Å². The minimum atomic E-state index is -0.533. The highest BCUT2D eigenvalue weighted by Gasteiger charge is 2.22. The van der Waals surface area contributed by atoms with Gasteiger partial charge >= 0.3 is 0 Å². The van der Waals surface area contributed by atoms with Crippen molar-refractivity contribution in [2.75, 3.05) is 18.0 Å². The normalized spacial score (nSPS) is 14.7. The smallest absolute Gasteiger partial charge is 0.0451 e. The molecule has 0 spiro atoms. The van der Waals surface area contributed by atoms with Gasteiger partial charge in [0.1, 0.15) is 0 Å². The molecule has 2 heteroatoms. The summed E-state index contributed by atoms with van der Waals surface area (Å²) in [5, 5.41) is 4.33. The number of hydrogen-bond acceptors (Lipinski definition) is 1. The molecule has 0 radical (unpaired) electrons. The van der Waals surface area contributed by atoms with Crippen molar-refractivity contribution in [3.63, 3.8) is 0 Å². The van der Waals surface area contributed by atoms with Gasteiger partial charge in [-0.25, -0.2) is 0 Å². The summed E-state index contributed by atoms with van der Waals surface area (Å²) in [5.41, 5.74) is 1.43. The molecule has 25 heavy (non-hydrogen) atoms. The van der Waals surface area contributed by atoms with E-state index in [1.165, 1.54) is 54.0 Å². The van der Waals surface area contributed by atoms with E-state index < -0.39 is 7.92 Å². The van der Waals surface area contributed by atoms with Crippen molar-refractivity contribution < 1.29 is 0 Å². The summed E-state index contributed by atoms with van der Waals surface area (Å²) >= 11 is 0. The van der Waals surface area contributed by atoms with E-state index in [2.05, 4.69) is 89.8 Å². The standard InChI is InChI=1S/C23H24NP/c1-4-12-20(13-5-1)25(21-14-6-2-7-15-21)23-17-9-8-16-22(23)24-18-10-3-11-19-24/h1-2,4-9,12-17H,3,10-11,18-19H2. The van der Waals surface area contributed by atoms with Crippen molar-refractivity contribution in [3.05, 3.63) is 84.9 Å². The van der Waals surface area contributed by atoms with Crippen molar-refractivity contribution in [1.82, 2.24) is 0 Å². The minimum Gasteiger partial charge on any atom is -0.371 e. The lowest BCUT2D eigenvalue weighted by Gasteiger charge is -2.33. The van der Waals surface area contributed by atoms with Gasteiger partial charge in [-0.05, 0) is 43.9 Å². The van der Waals surface area contributed by atoms with Gasteiger partial charge in [-0.1, -0.05) is 78.9 Å². The molecule has 0 atom stereocenters. The van der Waals surface area contributed by atoms with Crippen LogP contribution in [0.15, 0.2) is 84.9 Å². The number of para-hydroxylation sites is 1. The second-order valence-corrected chi connectivity index (χ2v) is 8.73. The minimum absolute atomic E-state index is 0.533. The van der Waals surface area contributed by atoms with Gasteiger partial charge in [0.05, 0.1) is 0 Å². The van der Waals surface area contributed by atoms with E-state index in [4.69, 9.17) is 0 Å². The molecule has 126 valence electrons. The van der Waals surface area contributed by atoms with E-state index >= 15 is 0 Å². The average molecular weight is 345 g/mol. The van der Waals surface area contributed by atoms with E-state index in [1.54, 1.807) is 0 Å². The first-order chi connectivity index (χ1) is 12.4. The van der Waals surface area contributed by atoms with E-state index in [0.717, 1.165) is 0 Å². The van der Waals surface area contributed by atoms with Crippen LogP contribution in [0.2, 0.25) is 0 Å². The van der Waals surface area contributed by atoms with Gasteiger partial charge in [0.2, 0.25) is 0 Å². The van der Waals surface area contributed by atoms with E-state index in [-0.39, 0.29) is 0 Å². The zero-order valence-electron chi connectivity index (χ0n) is 14.5. The predicted octanol–water partition coefficient (Wildman–Crippen LogP) is 4.44. The Morgan fingerprint density at radius 3 is 1.68 bits per heavy atom. The lowest BCUT2D eigenvalue weighted by molar-refractivity contribution is 0.578. The van der Waals surface area contributed by atoms with Crippen molar-refractivity contribution in [2.24, 2.45) is 0 Å². The average Bonchev–Trinajstić information content (AvgIpc) is 2.71. The lowest BCUT2D eigenvalue weighted by Crippen LogP contribution is -2.34. The summed E-state index contributed by atoms with van der Waals surface area (Å²) in [5.74, 6) is 0. The van der Waals surface area contributed by atoms with Gasteiger partial charge in [0, 0.05) is 24.1 Å². The molecule has 3 aromatic carbocycles. The molecule has 0 saturated carbocycles. The highest BCUT2D eigenvalue weighted by atomic mass is 31.1. The fourth-order valence-electron chi connectivity index (χ4n) is 3.64. The summed E-state index contributed by atoms with van der Waals surface area (Å²) < 4.78 is 0. The van der Waals surface area contributed by atoms with E-state index in [9.17, 15) is 0 Å². The third-order valence-electron chi connectivity index (χ3n) is 4.85. The van der Waals surface area contributed by atoms with Crippen molar-refractivity contribution in [3.8, 4) is 0 Å². The first-order valence-electron chi connectivity index (χ1n) is 9.18. The molecule has 1 aliphatic rings. The molecule has 4 rings (SSSR count). The highest BCUT2D eigenvalue weighted by Crippen LogP contribution is 2.37. The van der Waals surface area contributed by atoms with Crippen LogP contribution < -0.4 is 20.8 Å². The molecular formula is C23H24NP. The zero-order chi connectivity index (χ0) is 16.9. The fourth-order valence-corrected chi connectivity index (χ4v) is 6.11. The fraction of sp³-hybridized carbons (Fsp3) is 0.217. The largest absolute Gasteiger partial charge is 0.371 e. The van der Waals surface area contributed by atoms with Gasteiger partial charge in [0.15, 0.2) is 0 Å². The summed E-state index contributed by atoms with van der Waals surface area (Å²) in [4.78, 5) is 2.60. The van der Waals surface area contributed by atoms with Crippen LogP contribution >= 0.6 is 7.92 Å². The lowest BCUT2D eigenvalue weighted by atomic mass is 10.1. The van der Waals surface area contributed by atoms with Crippen LogP contribution in [-0.4, -0.2) is 13.1 Å². The number of nitrogens with zero attached hydrogens (tertiary/aromatic N) is 1. The molecule has 0 bridgehead atoms. The summed E-state index contributed by atoms with van der Waals surface area (Å²) in [6, 6.07) is 31.1. The molecule has 0 aliphatic carbocycles. The molecule has 0 unspecified atom stereocenters. The summed E-state index contributed by atoms with van der Waals surface area (Å²) in [7, 11) is -0.533. The number of benzene rings is 3. The number of anilines is 1. The second-order valence-electron chi connectivity index (χ2n) is 6.54. The van der Waals surface area contributed by atoms with Crippen molar-refractivity contribution in [2.45, 2.75) is 19.3 Å². The van der Waals surface area contributed by atoms with Crippen LogP contribution in [0.5, 0.6) is 0 Å². The van der Waals surface area contributed by atoms with Gasteiger partial charge in [-0.3, -0.25) is 0 Å². The Labute approximate surface area is 152 Å². The van der Waals surface area contributed by atoms with Crippen molar-refractivity contribution in [1.29, 1.82) is 0 Å². The third kappa shape index (κ3) is 3.62. The Kier molecular flexibility index (Phi) is 5.14. The first kappa shape index (κ1) is 16.4. The molecule has 1 saturated heterocycles. The third-order valence-corrected chi connectivity index (χ3v) is 7.34. The van der Waals surface area contributed by atoms with E-state index in [1.807, 2.05) is 0 Å². The summed E-state index contributed by atoms with van der Waals surface area (Å²) in [6.07, 6.45) is 3.98. The van der Waals surface area contributed by atoms with Gasteiger partial charge in [0.25, 0.3) is 0 Å². The molecule has 0 amide bonds. The molecule has 1 fully saturated rings. The molecule has 0 aromatic heterocycles. The second kappa shape index (κ2) is 7.85. The molecular weight excluding hydrogens is 321 g/mol. The monoisotopic (exact) mass is 345 g/mol. The Morgan fingerprint density at radius 2 is 1.08 bits per heavy atom. The first-order valence-corrected chi connectivity index (χ1v) is 10.5. The number of piperidine rings is 1. The highest BCUT2D eigenvalue weighted by molar-refractivity contribution is 7.80. The van der Waals surface area contributed by atoms with Crippen LogP contribution in [0.4, 0.5) is 5.69 Å². The summed E-state index contributed by atoms with van der Waals surface area (Å²) in [6.45, 7) is 2.37. The Morgan fingerprint density at radius 1 is 0.560 bits per heavy atom. The Balaban J connectivity index is 1.83. The SMILES string of the molecule is c1ccc(P(c2ccccc2)c2ccccc2N2CCCCC2)cc1. The van der Waals surface area contributed by atoms with Gasteiger partial charge in [-0.15, -0.1) is 0 Å².